The van der Waals surface area contributed by atoms with Crippen molar-refractivity contribution < 1.29 is 22.4 Å². The standard InChI is InChI=1S/C12H18F4N2O/c13-10(14)12(15,16)11(19)18-7-2-1-5-9(18)8-4-3-6-17-8/h8-10,17H,1-7H2. The second-order valence-corrected chi connectivity index (χ2v) is 5.19. The molecule has 110 valence electrons. The molecule has 7 heteroatoms. The molecule has 0 aliphatic carbocycles. The Hall–Kier alpha value is -0.850. The van der Waals surface area contributed by atoms with Crippen molar-refractivity contribution >= 4 is 5.91 Å². The van der Waals surface area contributed by atoms with Gasteiger partial charge < -0.3 is 10.2 Å². The number of halogens is 4. The minimum absolute atomic E-state index is 0.0438. The molecule has 3 nitrogen and oxygen atoms in total. The van der Waals surface area contributed by atoms with Gasteiger partial charge in [0.25, 0.3) is 5.91 Å². The van der Waals surface area contributed by atoms with Gasteiger partial charge in [0.1, 0.15) is 0 Å². The first-order valence-electron chi connectivity index (χ1n) is 6.65. The Morgan fingerprint density at radius 3 is 2.53 bits per heavy atom. The van der Waals surface area contributed by atoms with Crippen LogP contribution in [0.25, 0.3) is 0 Å². The summed E-state index contributed by atoms with van der Waals surface area (Å²) in [6.45, 7) is 0.929. The SMILES string of the molecule is O=C(N1CCCCC1C1CCCN1)C(F)(F)C(F)F. The molecule has 1 amide bonds. The Bertz CT molecular complexity index is 332. The van der Waals surface area contributed by atoms with Gasteiger partial charge in [-0.3, -0.25) is 4.79 Å². The van der Waals surface area contributed by atoms with Crippen LogP contribution >= 0.6 is 0 Å². The minimum Gasteiger partial charge on any atom is -0.333 e. The maximum absolute atomic E-state index is 13.2. The molecule has 19 heavy (non-hydrogen) atoms. The van der Waals surface area contributed by atoms with E-state index in [0.717, 1.165) is 30.7 Å². The quantitative estimate of drug-likeness (QED) is 0.803. The van der Waals surface area contributed by atoms with E-state index in [1.807, 2.05) is 0 Å². The maximum Gasteiger partial charge on any atom is 0.383 e. The van der Waals surface area contributed by atoms with Gasteiger partial charge in [-0.1, -0.05) is 0 Å². The Labute approximate surface area is 109 Å². The predicted molar refractivity (Wildman–Crippen MR) is 61.3 cm³/mol. The number of nitrogens with zero attached hydrogens (tertiary/aromatic N) is 1. The highest BCUT2D eigenvalue weighted by Crippen LogP contribution is 2.31. The normalized spacial score (nSPS) is 29.0. The van der Waals surface area contributed by atoms with Gasteiger partial charge in [0.2, 0.25) is 0 Å². The van der Waals surface area contributed by atoms with E-state index in [4.69, 9.17) is 0 Å². The molecule has 2 unspecified atom stereocenters. The van der Waals surface area contributed by atoms with E-state index >= 15 is 0 Å². The minimum atomic E-state index is -4.58. The van der Waals surface area contributed by atoms with Crippen LogP contribution in [0.2, 0.25) is 0 Å². The van der Waals surface area contributed by atoms with Crippen LogP contribution in [-0.4, -0.2) is 48.3 Å². The Morgan fingerprint density at radius 1 is 1.21 bits per heavy atom. The second-order valence-electron chi connectivity index (χ2n) is 5.19. The molecule has 2 atom stereocenters. The summed E-state index contributed by atoms with van der Waals surface area (Å²) in [6.07, 6.45) is -0.188. The number of hydrogen-bond donors (Lipinski definition) is 1. The number of piperidine rings is 1. The van der Waals surface area contributed by atoms with E-state index in [-0.39, 0.29) is 18.6 Å². The number of carbonyl (C=O) groups is 1. The molecule has 0 aromatic rings. The van der Waals surface area contributed by atoms with Gasteiger partial charge in [-0.05, 0) is 38.6 Å². The molecule has 2 aliphatic rings. The highest BCUT2D eigenvalue weighted by Gasteiger charge is 2.53. The van der Waals surface area contributed by atoms with E-state index in [1.165, 1.54) is 0 Å². The van der Waals surface area contributed by atoms with Crippen molar-refractivity contribution in [2.24, 2.45) is 0 Å². The largest absolute Gasteiger partial charge is 0.383 e. The van der Waals surface area contributed by atoms with Crippen molar-refractivity contribution in [2.45, 2.75) is 56.5 Å². The summed E-state index contributed by atoms with van der Waals surface area (Å²) in [5.41, 5.74) is 0. The zero-order chi connectivity index (χ0) is 14.0. The Kier molecular flexibility index (Phi) is 4.32. The smallest absolute Gasteiger partial charge is 0.333 e. The van der Waals surface area contributed by atoms with Gasteiger partial charge in [-0.15, -0.1) is 0 Å². The van der Waals surface area contributed by atoms with Crippen molar-refractivity contribution in [1.82, 2.24) is 10.2 Å². The molecule has 0 spiro atoms. The average Bonchev–Trinajstić information content (AvgIpc) is 2.91. The second kappa shape index (κ2) is 5.64. The van der Waals surface area contributed by atoms with Gasteiger partial charge in [-0.25, -0.2) is 8.78 Å². The fourth-order valence-electron chi connectivity index (χ4n) is 2.95. The fraction of sp³-hybridized carbons (Fsp3) is 0.917. The molecule has 0 bridgehead atoms. The molecule has 2 fully saturated rings. The number of likely N-dealkylation sites (tertiary alicyclic amines) is 1. The number of rotatable bonds is 3. The predicted octanol–water partition coefficient (Wildman–Crippen LogP) is 2.02. The maximum atomic E-state index is 13.2. The molecular weight excluding hydrogens is 264 g/mol. The van der Waals surface area contributed by atoms with Crippen LogP contribution in [0.3, 0.4) is 0 Å². The molecule has 1 N–H and O–H groups in total. The summed E-state index contributed by atoms with van der Waals surface area (Å²) < 4.78 is 51.1. The zero-order valence-corrected chi connectivity index (χ0v) is 10.5. The van der Waals surface area contributed by atoms with E-state index < -0.39 is 18.3 Å². The summed E-state index contributed by atoms with van der Waals surface area (Å²) in [7, 11) is 0. The van der Waals surface area contributed by atoms with Crippen LogP contribution in [0.15, 0.2) is 0 Å². The van der Waals surface area contributed by atoms with E-state index in [0.29, 0.717) is 12.8 Å². The fourth-order valence-corrected chi connectivity index (χ4v) is 2.95. The highest BCUT2D eigenvalue weighted by molar-refractivity contribution is 5.84. The molecule has 2 saturated heterocycles. The van der Waals surface area contributed by atoms with Crippen LogP contribution in [0.5, 0.6) is 0 Å². The van der Waals surface area contributed by atoms with Gasteiger partial charge in [0.15, 0.2) is 0 Å². The molecule has 0 radical (unpaired) electrons. The number of carbonyl (C=O) groups excluding carboxylic acids is 1. The number of amides is 1. The van der Waals surface area contributed by atoms with Crippen LogP contribution in [-0.2, 0) is 4.79 Å². The Balaban J connectivity index is 2.12. The van der Waals surface area contributed by atoms with Gasteiger partial charge in [-0.2, -0.15) is 8.78 Å². The Morgan fingerprint density at radius 2 is 1.95 bits per heavy atom. The molecule has 0 saturated carbocycles. The topological polar surface area (TPSA) is 32.3 Å². The zero-order valence-electron chi connectivity index (χ0n) is 10.5. The average molecular weight is 282 g/mol. The van der Waals surface area contributed by atoms with Crippen molar-refractivity contribution in [1.29, 1.82) is 0 Å². The van der Waals surface area contributed by atoms with E-state index in [2.05, 4.69) is 5.32 Å². The van der Waals surface area contributed by atoms with Gasteiger partial charge in [0, 0.05) is 18.6 Å². The summed E-state index contributed by atoms with van der Waals surface area (Å²) >= 11 is 0. The lowest BCUT2D eigenvalue weighted by Crippen LogP contribution is -2.58. The van der Waals surface area contributed by atoms with Crippen LogP contribution in [0.4, 0.5) is 17.6 Å². The van der Waals surface area contributed by atoms with Gasteiger partial charge >= 0.3 is 12.3 Å². The summed E-state index contributed by atoms with van der Waals surface area (Å²) in [6, 6.07) is -0.425. The molecule has 2 heterocycles. The lowest BCUT2D eigenvalue weighted by Gasteiger charge is -2.40. The third-order valence-corrected chi connectivity index (χ3v) is 3.93. The van der Waals surface area contributed by atoms with Crippen molar-refractivity contribution in [3.05, 3.63) is 0 Å². The highest BCUT2D eigenvalue weighted by atomic mass is 19.3. The van der Waals surface area contributed by atoms with Gasteiger partial charge in [0.05, 0.1) is 0 Å². The first-order chi connectivity index (χ1) is 8.94. The summed E-state index contributed by atoms with van der Waals surface area (Å²) in [5, 5.41) is 3.17. The van der Waals surface area contributed by atoms with Crippen LogP contribution in [0, 0.1) is 0 Å². The van der Waals surface area contributed by atoms with Crippen LogP contribution in [0.1, 0.15) is 32.1 Å². The molecule has 0 aromatic carbocycles. The number of hydrogen-bond acceptors (Lipinski definition) is 2. The first-order valence-corrected chi connectivity index (χ1v) is 6.65. The molecule has 0 aromatic heterocycles. The van der Waals surface area contributed by atoms with Crippen molar-refractivity contribution in [3.63, 3.8) is 0 Å². The summed E-state index contributed by atoms with van der Waals surface area (Å²) in [5.74, 6) is -6.30. The molecule has 2 rings (SSSR count). The third kappa shape index (κ3) is 2.85. The summed E-state index contributed by atoms with van der Waals surface area (Å²) in [4.78, 5) is 12.7. The monoisotopic (exact) mass is 282 g/mol. The first kappa shape index (κ1) is 14.6. The molecule has 2 aliphatic heterocycles. The van der Waals surface area contributed by atoms with Crippen molar-refractivity contribution in [2.75, 3.05) is 13.1 Å². The van der Waals surface area contributed by atoms with Crippen molar-refractivity contribution in [3.8, 4) is 0 Å². The molecular formula is C12H18F4N2O. The number of nitrogens with one attached hydrogen (secondary N) is 1. The van der Waals surface area contributed by atoms with E-state index in [9.17, 15) is 22.4 Å². The van der Waals surface area contributed by atoms with E-state index in [1.54, 1.807) is 0 Å². The third-order valence-electron chi connectivity index (χ3n) is 3.93. The number of alkyl halides is 4. The lowest BCUT2D eigenvalue weighted by molar-refractivity contribution is -0.184. The lowest BCUT2D eigenvalue weighted by atomic mass is 9.94. The van der Waals surface area contributed by atoms with Crippen LogP contribution < -0.4 is 5.32 Å².